The first-order valence-electron chi connectivity index (χ1n) is 10.0. The number of imide groups is 1. The van der Waals surface area contributed by atoms with E-state index in [-0.39, 0.29) is 10.6 Å². The summed E-state index contributed by atoms with van der Waals surface area (Å²) >= 11 is 6.28. The third-order valence-electron chi connectivity index (χ3n) is 5.70. The molecule has 1 saturated heterocycles. The molecule has 0 unspecified atom stereocenters. The Balaban J connectivity index is 1.53. The van der Waals surface area contributed by atoms with Gasteiger partial charge < -0.3 is 14.5 Å². The maximum atomic E-state index is 13.1. The van der Waals surface area contributed by atoms with Gasteiger partial charge >= 0.3 is 0 Å². The standard InChI is InChI=1S/C23H24ClN3O3/c1-3-25-12-14-26(15-13-25)17-6-8-18(9-7-17)27-22(28)20(21(24)23(27)29)16-4-10-19(30-2)11-5-16/h4-11H,3,12-15H2,1-2H3. The van der Waals surface area contributed by atoms with E-state index < -0.39 is 11.8 Å². The Labute approximate surface area is 181 Å². The zero-order chi connectivity index (χ0) is 21.3. The van der Waals surface area contributed by atoms with Gasteiger partial charge in [0.05, 0.1) is 18.4 Å². The van der Waals surface area contributed by atoms with E-state index >= 15 is 0 Å². The molecule has 0 saturated carbocycles. The van der Waals surface area contributed by atoms with E-state index in [4.69, 9.17) is 16.3 Å². The topological polar surface area (TPSA) is 53.1 Å². The minimum absolute atomic E-state index is 0.0649. The van der Waals surface area contributed by atoms with Crippen molar-refractivity contribution in [2.45, 2.75) is 6.92 Å². The molecule has 0 bridgehead atoms. The molecular formula is C23H24ClN3O3. The van der Waals surface area contributed by atoms with Gasteiger partial charge in [-0.2, -0.15) is 0 Å². The van der Waals surface area contributed by atoms with Gasteiger partial charge in [0.25, 0.3) is 11.8 Å². The lowest BCUT2D eigenvalue weighted by Crippen LogP contribution is -2.46. The molecule has 0 aromatic heterocycles. The number of nitrogens with zero attached hydrogens (tertiary/aromatic N) is 3. The predicted molar refractivity (Wildman–Crippen MR) is 119 cm³/mol. The molecule has 0 atom stereocenters. The van der Waals surface area contributed by atoms with Crippen LogP contribution in [0.15, 0.2) is 53.6 Å². The van der Waals surface area contributed by atoms with Crippen LogP contribution in [0, 0.1) is 0 Å². The highest BCUT2D eigenvalue weighted by Gasteiger charge is 2.39. The van der Waals surface area contributed by atoms with Crippen molar-refractivity contribution in [1.29, 1.82) is 0 Å². The Bertz CT molecular complexity index is 978. The van der Waals surface area contributed by atoms with Crippen molar-refractivity contribution in [3.8, 4) is 5.75 Å². The van der Waals surface area contributed by atoms with E-state index in [1.807, 2.05) is 12.1 Å². The molecule has 7 heteroatoms. The third kappa shape index (κ3) is 3.68. The predicted octanol–water partition coefficient (Wildman–Crippen LogP) is 3.36. The zero-order valence-corrected chi connectivity index (χ0v) is 17.9. The van der Waals surface area contributed by atoms with Crippen LogP contribution >= 0.6 is 11.6 Å². The molecule has 30 heavy (non-hydrogen) atoms. The maximum Gasteiger partial charge on any atom is 0.277 e. The molecule has 2 aromatic rings. The van der Waals surface area contributed by atoms with Gasteiger partial charge in [-0.25, -0.2) is 4.90 Å². The highest BCUT2D eigenvalue weighted by Crippen LogP contribution is 2.36. The molecule has 0 N–H and O–H groups in total. The third-order valence-corrected chi connectivity index (χ3v) is 6.05. The van der Waals surface area contributed by atoms with Crippen LogP contribution in [0.3, 0.4) is 0 Å². The summed E-state index contributed by atoms with van der Waals surface area (Å²) in [4.78, 5) is 31.7. The molecule has 2 aliphatic heterocycles. The fourth-order valence-corrected chi connectivity index (χ4v) is 4.15. The van der Waals surface area contributed by atoms with Crippen LogP contribution in [0.1, 0.15) is 12.5 Å². The normalized spacial score (nSPS) is 17.8. The molecular weight excluding hydrogens is 402 g/mol. The maximum absolute atomic E-state index is 13.1. The number of piperazine rings is 1. The number of benzene rings is 2. The van der Waals surface area contributed by atoms with Gasteiger partial charge in [0.1, 0.15) is 10.8 Å². The van der Waals surface area contributed by atoms with Gasteiger partial charge in [-0.15, -0.1) is 0 Å². The molecule has 2 heterocycles. The number of ether oxygens (including phenoxy) is 1. The summed E-state index contributed by atoms with van der Waals surface area (Å²) in [6, 6.07) is 14.4. The molecule has 2 aromatic carbocycles. The molecule has 2 aliphatic rings. The van der Waals surface area contributed by atoms with Crippen molar-refractivity contribution in [2.24, 2.45) is 0 Å². The van der Waals surface area contributed by atoms with Gasteiger partial charge in [-0.3, -0.25) is 9.59 Å². The molecule has 6 nitrogen and oxygen atoms in total. The second kappa shape index (κ2) is 8.50. The van der Waals surface area contributed by atoms with E-state index in [1.165, 1.54) is 0 Å². The van der Waals surface area contributed by atoms with Gasteiger partial charge in [0.15, 0.2) is 0 Å². The number of anilines is 2. The number of carbonyl (C=O) groups excluding carboxylic acids is 2. The SMILES string of the molecule is CCN1CCN(c2ccc(N3C(=O)C(Cl)=C(c4ccc(OC)cc4)C3=O)cc2)CC1. The van der Waals surface area contributed by atoms with Gasteiger partial charge in [0.2, 0.25) is 0 Å². The van der Waals surface area contributed by atoms with Crippen LogP contribution < -0.4 is 14.5 Å². The van der Waals surface area contributed by atoms with Crippen molar-refractivity contribution in [1.82, 2.24) is 4.90 Å². The molecule has 4 rings (SSSR count). The monoisotopic (exact) mass is 425 g/mol. The lowest BCUT2D eigenvalue weighted by molar-refractivity contribution is -0.119. The Kier molecular flexibility index (Phi) is 5.79. The van der Waals surface area contributed by atoms with Crippen LogP contribution in [0.4, 0.5) is 11.4 Å². The summed E-state index contributed by atoms with van der Waals surface area (Å²) < 4.78 is 5.15. The molecule has 1 fully saturated rings. The molecule has 0 spiro atoms. The second-order valence-electron chi connectivity index (χ2n) is 7.30. The minimum atomic E-state index is -0.503. The Morgan fingerprint density at radius 3 is 2.03 bits per heavy atom. The first kappa shape index (κ1) is 20.4. The van der Waals surface area contributed by atoms with Gasteiger partial charge in [-0.1, -0.05) is 30.7 Å². The first-order chi connectivity index (χ1) is 14.5. The minimum Gasteiger partial charge on any atom is -0.497 e. The summed E-state index contributed by atoms with van der Waals surface area (Å²) in [6.45, 7) is 7.23. The van der Waals surface area contributed by atoms with Crippen LogP contribution in [0.5, 0.6) is 5.75 Å². The average Bonchev–Trinajstić information content (AvgIpc) is 3.02. The number of hydrogen-bond acceptors (Lipinski definition) is 5. The van der Waals surface area contributed by atoms with E-state index in [2.05, 4.69) is 16.7 Å². The molecule has 0 radical (unpaired) electrons. The Morgan fingerprint density at radius 1 is 0.867 bits per heavy atom. The van der Waals surface area contributed by atoms with Gasteiger partial charge in [-0.05, 0) is 48.5 Å². The van der Waals surface area contributed by atoms with Crippen molar-refractivity contribution < 1.29 is 14.3 Å². The quantitative estimate of drug-likeness (QED) is 0.687. The highest BCUT2D eigenvalue weighted by molar-refractivity contribution is 6.60. The van der Waals surface area contributed by atoms with Crippen LogP contribution in [-0.2, 0) is 9.59 Å². The van der Waals surface area contributed by atoms with Crippen molar-refractivity contribution in [3.05, 3.63) is 59.1 Å². The largest absolute Gasteiger partial charge is 0.497 e. The Morgan fingerprint density at radius 2 is 1.47 bits per heavy atom. The number of carbonyl (C=O) groups is 2. The van der Waals surface area contributed by atoms with Gasteiger partial charge in [0, 0.05) is 31.9 Å². The summed E-state index contributed by atoms with van der Waals surface area (Å²) in [7, 11) is 1.57. The lowest BCUT2D eigenvalue weighted by Gasteiger charge is -2.35. The fourth-order valence-electron chi connectivity index (χ4n) is 3.88. The number of rotatable bonds is 5. The zero-order valence-electron chi connectivity index (χ0n) is 17.1. The number of hydrogen-bond donors (Lipinski definition) is 0. The second-order valence-corrected chi connectivity index (χ2v) is 7.68. The fraction of sp³-hybridized carbons (Fsp3) is 0.304. The van der Waals surface area contributed by atoms with Crippen LogP contribution in [0.2, 0.25) is 0 Å². The molecule has 2 amide bonds. The van der Waals surface area contributed by atoms with E-state index in [9.17, 15) is 9.59 Å². The highest BCUT2D eigenvalue weighted by atomic mass is 35.5. The molecule has 0 aliphatic carbocycles. The van der Waals surface area contributed by atoms with E-state index in [0.29, 0.717) is 17.0 Å². The summed E-state index contributed by atoms with van der Waals surface area (Å²) in [5.74, 6) is -0.254. The number of methoxy groups -OCH3 is 1. The van der Waals surface area contributed by atoms with Crippen LogP contribution in [-0.4, -0.2) is 56.5 Å². The lowest BCUT2D eigenvalue weighted by atomic mass is 10.1. The van der Waals surface area contributed by atoms with Crippen molar-refractivity contribution >= 4 is 40.4 Å². The number of likely N-dealkylation sites (N-methyl/N-ethyl adjacent to an activating group) is 1. The summed E-state index contributed by atoms with van der Waals surface area (Å²) in [5.41, 5.74) is 2.40. The van der Waals surface area contributed by atoms with Crippen molar-refractivity contribution in [3.63, 3.8) is 0 Å². The molecule has 156 valence electrons. The number of amides is 2. The van der Waals surface area contributed by atoms with Crippen LogP contribution in [0.25, 0.3) is 5.57 Å². The van der Waals surface area contributed by atoms with Crippen molar-refractivity contribution in [2.75, 3.05) is 49.6 Å². The Hall–Kier alpha value is -2.83. The summed E-state index contributed by atoms with van der Waals surface area (Å²) in [6.07, 6.45) is 0. The summed E-state index contributed by atoms with van der Waals surface area (Å²) in [5, 5.41) is -0.0649. The average molecular weight is 426 g/mol. The smallest absolute Gasteiger partial charge is 0.277 e. The van der Waals surface area contributed by atoms with E-state index in [0.717, 1.165) is 43.3 Å². The van der Waals surface area contributed by atoms with E-state index in [1.54, 1.807) is 43.5 Å². The number of halogens is 1. The first-order valence-corrected chi connectivity index (χ1v) is 10.4.